The van der Waals surface area contributed by atoms with Crippen molar-refractivity contribution in [3.8, 4) is 11.5 Å². The van der Waals surface area contributed by atoms with Crippen molar-refractivity contribution in [1.82, 2.24) is 9.62 Å². The van der Waals surface area contributed by atoms with Gasteiger partial charge in [-0.2, -0.15) is 0 Å². The quantitative estimate of drug-likeness (QED) is 0.674. The van der Waals surface area contributed by atoms with Crippen molar-refractivity contribution in [1.29, 1.82) is 0 Å². The van der Waals surface area contributed by atoms with Crippen LogP contribution < -0.4 is 14.2 Å². The molecule has 0 aliphatic heterocycles. The van der Waals surface area contributed by atoms with Gasteiger partial charge < -0.3 is 14.4 Å². The first-order chi connectivity index (χ1) is 13.7. The highest BCUT2D eigenvalue weighted by Gasteiger charge is 2.18. The Morgan fingerprint density at radius 2 is 1.72 bits per heavy atom. The summed E-state index contributed by atoms with van der Waals surface area (Å²) in [6.45, 7) is 4.52. The minimum absolute atomic E-state index is 0.00668. The van der Waals surface area contributed by atoms with E-state index in [0.29, 0.717) is 18.0 Å². The van der Waals surface area contributed by atoms with Gasteiger partial charge in [0.25, 0.3) is 0 Å². The first-order valence-electron chi connectivity index (χ1n) is 9.19. The summed E-state index contributed by atoms with van der Waals surface area (Å²) in [5.74, 6) is 0.620. The second-order valence-corrected chi connectivity index (χ2v) is 8.61. The number of aryl methyl sites for hydroxylation is 2. The summed E-state index contributed by atoms with van der Waals surface area (Å²) < 4.78 is 37.7. The monoisotopic (exact) mass is 420 g/mol. The van der Waals surface area contributed by atoms with Crippen molar-refractivity contribution in [2.45, 2.75) is 31.7 Å². The van der Waals surface area contributed by atoms with Gasteiger partial charge in [-0.3, -0.25) is 4.79 Å². The Morgan fingerprint density at radius 3 is 2.34 bits per heavy atom. The van der Waals surface area contributed by atoms with E-state index in [1.165, 1.54) is 38.0 Å². The maximum atomic E-state index is 12.5. The van der Waals surface area contributed by atoms with Gasteiger partial charge in [-0.25, -0.2) is 13.1 Å². The van der Waals surface area contributed by atoms with Crippen molar-refractivity contribution in [2.75, 3.05) is 27.8 Å². The van der Waals surface area contributed by atoms with Crippen LogP contribution in [0.3, 0.4) is 0 Å². The molecule has 29 heavy (non-hydrogen) atoms. The molecular weight excluding hydrogens is 392 g/mol. The molecule has 1 amide bonds. The van der Waals surface area contributed by atoms with Crippen molar-refractivity contribution < 1.29 is 22.7 Å². The minimum Gasteiger partial charge on any atom is -0.493 e. The second kappa shape index (κ2) is 9.76. The normalized spacial score (nSPS) is 11.2. The molecule has 0 heterocycles. The van der Waals surface area contributed by atoms with Crippen LogP contribution in [0.1, 0.15) is 23.1 Å². The average Bonchev–Trinajstić information content (AvgIpc) is 2.69. The summed E-state index contributed by atoms with van der Waals surface area (Å²) in [5.41, 5.74) is 3.36. The van der Waals surface area contributed by atoms with Crippen LogP contribution in [-0.4, -0.2) is 47.0 Å². The van der Waals surface area contributed by atoms with Gasteiger partial charge in [0.05, 0.1) is 19.1 Å². The zero-order valence-electron chi connectivity index (χ0n) is 17.5. The molecule has 2 aromatic carbocycles. The average molecular weight is 421 g/mol. The molecule has 0 bridgehead atoms. The lowest BCUT2D eigenvalue weighted by Gasteiger charge is -2.19. The van der Waals surface area contributed by atoms with E-state index in [-0.39, 0.29) is 23.8 Å². The van der Waals surface area contributed by atoms with E-state index in [2.05, 4.69) is 10.8 Å². The van der Waals surface area contributed by atoms with Crippen LogP contribution in [0.2, 0.25) is 0 Å². The van der Waals surface area contributed by atoms with Crippen molar-refractivity contribution in [3.05, 3.63) is 53.1 Å². The molecule has 158 valence electrons. The molecule has 0 unspecified atom stereocenters. The Labute approximate surface area is 172 Å². The van der Waals surface area contributed by atoms with Crippen LogP contribution in [0.15, 0.2) is 41.3 Å². The van der Waals surface area contributed by atoms with Gasteiger partial charge in [0, 0.05) is 32.6 Å². The summed E-state index contributed by atoms with van der Waals surface area (Å²) in [6, 6.07) is 10.4. The third kappa shape index (κ3) is 5.95. The fourth-order valence-corrected chi connectivity index (χ4v) is 3.96. The van der Waals surface area contributed by atoms with Gasteiger partial charge in [0.2, 0.25) is 15.9 Å². The van der Waals surface area contributed by atoms with Crippen LogP contribution in [0, 0.1) is 13.8 Å². The lowest BCUT2D eigenvalue weighted by atomic mass is 10.1. The number of sulfonamides is 1. The predicted molar refractivity (Wildman–Crippen MR) is 112 cm³/mol. The summed E-state index contributed by atoms with van der Waals surface area (Å²) >= 11 is 0. The number of rotatable bonds is 9. The van der Waals surface area contributed by atoms with Crippen LogP contribution in [0.25, 0.3) is 0 Å². The van der Waals surface area contributed by atoms with E-state index < -0.39 is 10.0 Å². The Balaban J connectivity index is 1.94. The highest BCUT2D eigenvalue weighted by molar-refractivity contribution is 7.89. The Hall–Kier alpha value is -2.58. The molecule has 0 saturated carbocycles. The van der Waals surface area contributed by atoms with Crippen LogP contribution in [0.5, 0.6) is 11.5 Å². The summed E-state index contributed by atoms with van der Waals surface area (Å²) in [6.07, 6.45) is 0.0634. The number of nitrogens with zero attached hydrogens (tertiary/aromatic N) is 1. The number of carbonyl (C=O) groups excluding carboxylic acids is 1. The topological polar surface area (TPSA) is 84.9 Å². The number of carbonyl (C=O) groups is 1. The fraction of sp³-hybridized carbons (Fsp3) is 0.381. The van der Waals surface area contributed by atoms with E-state index in [1.807, 2.05) is 26.0 Å². The van der Waals surface area contributed by atoms with Crippen LogP contribution in [-0.2, 0) is 21.4 Å². The fourth-order valence-electron chi connectivity index (χ4n) is 2.92. The Kier molecular flexibility index (Phi) is 7.64. The van der Waals surface area contributed by atoms with E-state index in [0.717, 1.165) is 11.1 Å². The molecule has 0 fully saturated rings. The summed E-state index contributed by atoms with van der Waals surface area (Å²) in [7, 11) is 0.860. The molecule has 0 aliphatic rings. The molecule has 8 heteroatoms. The van der Waals surface area contributed by atoms with E-state index in [4.69, 9.17) is 9.47 Å². The van der Waals surface area contributed by atoms with Crippen molar-refractivity contribution in [2.24, 2.45) is 0 Å². The highest BCUT2D eigenvalue weighted by atomic mass is 32.2. The standard InChI is InChI=1S/C21H28N2O5S/c1-15-6-7-17(16(2)12-15)14-23(3)21(24)10-11-22-29(25,26)18-8-9-19(27-4)20(13-18)28-5/h6-9,12-13,22H,10-11,14H2,1-5H3. The lowest BCUT2D eigenvalue weighted by molar-refractivity contribution is -0.130. The third-order valence-corrected chi connectivity index (χ3v) is 6.09. The van der Waals surface area contributed by atoms with Crippen LogP contribution in [0.4, 0.5) is 0 Å². The molecule has 0 aliphatic carbocycles. The number of ether oxygens (including phenoxy) is 2. The molecule has 0 spiro atoms. The molecule has 7 nitrogen and oxygen atoms in total. The van der Waals surface area contributed by atoms with Gasteiger partial charge in [-0.1, -0.05) is 23.8 Å². The second-order valence-electron chi connectivity index (χ2n) is 6.84. The molecule has 0 radical (unpaired) electrons. The zero-order valence-corrected chi connectivity index (χ0v) is 18.3. The van der Waals surface area contributed by atoms with Gasteiger partial charge in [0.1, 0.15) is 0 Å². The number of methoxy groups -OCH3 is 2. The zero-order chi connectivity index (χ0) is 21.6. The summed E-state index contributed by atoms with van der Waals surface area (Å²) in [5, 5.41) is 0. The van der Waals surface area contributed by atoms with Gasteiger partial charge in [0.15, 0.2) is 11.5 Å². The maximum Gasteiger partial charge on any atom is 0.240 e. The number of nitrogens with one attached hydrogen (secondary N) is 1. The van der Waals surface area contributed by atoms with E-state index >= 15 is 0 Å². The number of benzene rings is 2. The molecule has 0 aromatic heterocycles. The first kappa shape index (κ1) is 22.7. The number of hydrogen-bond acceptors (Lipinski definition) is 5. The smallest absolute Gasteiger partial charge is 0.240 e. The summed E-state index contributed by atoms with van der Waals surface area (Å²) in [4.78, 5) is 14.0. The number of amides is 1. The molecule has 2 aromatic rings. The molecular formula is C21H28N2O5S. The third-order valence-electron chi connectivity index (χ3n) is 4.63. The van der Waals surface area contributed by atoms with Crippen molar-refractivity contribution in [3.63, 3.8) is 0 Å². The van der Waals surface area contributed by atoms with Gasteiger partial charge in [-0.05, 0) is 37.1 Å². The lowest BCUT2D eigenvalue weighted by Crippen LogP contribution is -2.32. The number of hydrogen-bond donors (Lipinski definition) is 1. The van der Waals surface area contributed by atoms with Gasteiger partial charge in [-0.15, -0.1) is 0 Å². The maximum absolute atomic E-state index is 12.5. The van der Waals surface area contributed by atoms with Crippen LogP contribution >= 0.6 is 0 Å². The van der Waals surface area contributed by atoms with Crippen molar-refractivity contribution >= 4 is 15.9 Å². The molecule has 0 saturated heterocycles. The predicted octanol–water partition coefficient (Wildman–Crippen LogP) is 2.65. The van der Waals surface area contributed by atoms with E-state index in [1.54, 1.807) is 11.9 Å². The van der Waals surface area contributed by atoms with Gasteiger partial charge >= 0.3 is 0 Å². The Bertz CT molecular complexity index is 973. The molecule has 1 N–H and O–H groups in total. The minimum atomic E-state index is -3.77. The SMILES string of the molecule is COc1ccc(S(=O)(=O)NCCC(=O)N(C)Cc2ccc(C)cc2C)cc1OC. The molecule has 0 atom stereocenters. The Morgan fingerprint density at radius 1 is 1.03 bits per heavy atom. The highest BCUT2D eigenvalue weighted by Crippen LogP contribution is 2.29. The molecule has 2 rings (SSSR count). The first-order valence-corrected chi connectivity index (χ1v) is 10.7. The van der Waals surface area contributed by atoms with E-state index in [9.17, 15) is 13.2 Å². The largest absolute Gasteiger partial charge is 0.493 e.